The summed E-state index contributed by atoms with van der Waals surface area (Å²) >= 11 is -5.74. The molecule has 0 bridgehead atoms. The summed E-state index contributed by atoms with van der Waals surface area (Å²) in [5.74, 6) is 2.34. The SMILES string of the molecule is CCC1=Cc2c(ccc(C(C)C)c2-c2cc(C(C)C)cc(C(C)C)c2)[CH]1[Zr]([Cl])([Cl])([c]1cccc2c1[SiH2]c1ccccc1-2)[CH]1C(CC)=Cc2c1ccc(C(C)C)c2-c1cc(C(C)C)cc(C(C)C)c1. The van der Waals surface area contributed by atoms with Crippen molar-refractivity contribution in [3.63, 3.8) is 0 Å². The monoisotopic (exact) mass is 1030 g/mol. The molecule has 0 fully saturated rings. The van der Waals surface area contributed by atoms with Crippen LogP contribution in [0.1, 0.15) is 208 Å². The zero-order valence-electron chi connectivity index (χ0n) is 43.5. The first-order chi connectivity index (χ1) is 32.3. The van der Waals surface area contributed by atoms with Gasteiger partial charge in [-0.15, -0.1) is 0 Å². The zero-order valence-corrected chi connectivity index (χ0v) is 48.8. The molecule has 353 valence electrons. The van der Waals surface area contributed by atoms with E-state index in [0.29, 0.717) is 35.5 Å². The van der Waals surface area contributed by atoms with Gasteiger partial charge in [-0.05, 0) is 0 Å². The third-order valence-electron chi connectivity index (χ3n) is 16.3. The van der Waals surface area contributed by atoms with Crippen molar-refractivity contribution in [1.29, 1.82) is 0 Å². The molecule has 1 heterocycles. The van der Waals surface area contributed by atoms with Gasteiger partial charge in [0.2, 0.25) is 0 Å². The number of halogens is 2. The summed E-state index contributed by atoms with van der Waals surface area (Å²) in [5, 5.41) is 2.98. The van der Waals surface area contributed by atoms with Gasteiger partial charge in [0, 0.05) is 0 Å². The van der Waals surface area contributed by atoms with Crippen LogP contribution in [0.3, 0.4) is 0 Å². The van der Waals surface area contributed by atoms with E-state index in [1.54, 1.807) is 0 Å². The van der Waals surface area contributed by atoms with Gasteiger partial charge in [0.1, 0.15) is 0 Å². The van der Waals surface area contributed by atoms with E-state index >= 15 is 0 Å². The van der Waals surface area contributed by atoms with Gasteiger partial charge < -0.3 is 0 Å². The number of hydrogen-bond acceptors (Lipinski definition) is 0. The van der Waals surface area contributed by atoms with Crippen LogP contribution in [0.4, 0.5) is 0 Å². The van der Waals surface area contributed by atoms with E-state index in [1.165, 1.54) is 114 Å². The second-order valence-electron chi connectivity index (χ2n) is 22.6. The van der Waals surface area contributed by atoms with E-state index in [2.05, 4.69) is 212 Å². The molecule has 4 heteroatoms. The Morgan fingerprint density at radius 1 is 0.471 bits per heavy atom. The first kappa shape index (κ1) is 49.5. The third-order valence-corrected chi connectivity index (χ3v) is 39.1. The van der Waals surface area contributed by atoms with Gasteiger partial charge >= 0.3 is 425 Å². The van der Waals surface area contributed by atoms with Crippen molar-refractivity contribution in [2.45, 2.75) is 153 Å². The fourth-order valence-corrected chi connectivity index (χ4v) is 40.9. The van der Waals surface area contributed by atoms with Crippen molar-refractivity contribution < 1.29 is 16.4 Å². The number of allylic oxidation sites excluding steroid dienone is 2. The van der Waals surface area contributed by atoms with E-state index in [-0.39, 0.29) is 7.25 Å². The Hall–Kier alpha value is -3.52. The van der Waals surface area contributed by atoms with Crippen molar-refractivity contribution >= 4 is 52.3 Å². The summed E-state index contributed by atoms with van der Waals surface area (Å²) in [6, 6.07) is 40.9. The summed E-state index contributed by atoms with van der Waals surface area (Å²) < 4.78 is 1.08. The first-order valence-corrected chi connectivity index (χ1v) is 37.9. The molecular formula is C64H75Cl2SiZr. The Balaban J connectivity index is 1.39. The summed E-state index contributed by atoms with van der Waals surface area (Å²) in [6.45, 7) is 32.8. The van der Waals surface area contributed by atoms with Crippen LogP contribution in [0.5, 0.6) is 0 Å². The topological polar surface area (TPSA) is 0 Å². The summed E-state index contributed by atoms with van der Waals surface area (Å²) in [6.07, 6.45) is 6.93. The van der Waals surface area contributed by atoms with Crippen molar-refractivity contribution in [1.82, 2.24) is 0 Å². The normalized spacial score (nSPS) is 17.4. The van der Waals surface area contributed by atoms with Crippen molar-refractivity contribution in [3.05, 3.63) is 170 Å². The molecule has 0 spiro atoms. The minimum absolute atomic E-state index is 0.113. The number of benzene rings is 6. The van der Waals surface area contributed by atoms with E-state index in [4.69, 9.17) is 0 Å². The van der Waals surface area contributed by atoms with Gasteiger partial charge in [-0.25, -0.2) is 0 Å². The molecule has 3 aliphatic rings. The molecule has 2 unspecified atom stereocenters. The molecule has 0 N–H and O–H groups in total. The number of fused-ring (bicyclic) bond motifs is 5. The van der Waals surface area contributed by atoms with Crippen LogP contribution >= 0.6 is 17.0 Å². The fourth-order valence-electron chi connectivity index (χ4n) is 12.6. The molecule has 6 aromatic carbocycles. The molecular weight excluding hydrogens is 959 g/mol. The summed E-state index contributed by atoms with van der Waals surface area (Å²) in [5.41, 5.74) is 24.6. The average Bonchev–Trinajstić information content (AvgIpc) is 4.02. The molecule has 0 saturated carbocycles. The average molecular weight is 1030 g/mol. The Morgan fingerprint density at radius 2 is 0.882 bits per heavy atom. The third kappa shape index (κ3) is 8.03. The predicted molar refractivity (Wildman–Crippen MR) is 301 cm³/mol. The molecule has 1 aliphatic heterocycles. The van der Waals surface area contributed by atoms with E-state index in [1.807, 2.05) is 0 Å². The van der Waals surface area contributed by atoms with E-state index in [0.717, 1.165) is 12.8 Å². The van der Waals surface area contributed by atoms with E-state index < -0.39 is 25.9 Å². The number of rotatable bonds is 13. The molecule has 68 heavy (non-hydrogen) atoms. The molecule has 0 nitrogen and oxygen atoms in total. The van der Waals surface area contributed by atoms with Gasteiger partial charge in [-0.2, -0.15) is 0 Å². The second-order valence-corrected chi connectivity index (χ2v) is 45.0. The van der Waals surface area contributed by atoms with Crippen molar-refractivity contribution in [2.24, 2.45) is 0 Å². The van der Waals surface area contributed by atoms with Gasteiger partial charge in [0.05, 0.1) is 0 Å². The van der Waals surface area contributed by atoms with Crippen LogP contribution in [0.2, 0.25) is 0 Å². The Kier molecular flexibility index (Phi) is 13.5. The van der Waals surface area contributed by atoms with Gasteiger partial charge in [0.25, 0.3) is 0 Å². The fraction of sp³-hybridized carbons (Fsp3) is 0.375. The standard InChI is InChI=1S/2C26H33.C12H9Si.2ClH.Zr/c2*1-8-19-11-20-9-10-24(18(6)7)26(25(20)12-19)23-14-21(16(2)3)13-22(15-23)17(4)5;1-3-7-11-9(5-1)10-6-2-4-8-12(10)13-11;;;/h2*9-18H,8H2,1-7H3;1-7H,13H2;2*1H;/q;;;;;+2/p-2. The minimum atomic E-state index is -5.74. The molecule has 2 atom stereocenters. The summed E-state index contributed by atoms with van der Waals surface area (Å²) in [4.78, 5) is 0. The Bertz CT molecular complexity index is 2820. The molecule has 0 saturated heterocycles. The Labute approximate surface area is 421 Å². The van der Waals surface area contributed by atoms with Crippen LogP contribution in [-0.2, 0) is 16.4 Å². The first-order valence-electron chi connectivity index (χ1n) is 26.1. The zero-order chi connectivity index (χ0) is 48.7. The maximum absolute atomic E-state index is 9.55. The van der Waals surface area contributed by atoms with Crippen LogP contribution in [0.15, 0.2) is 114 Å². The molecule has 6 aromatic rings. The predicted octanol–water partition coefficient (Wildman–Crippen LogP) is 17.6. The maximum atomic E-state index is 9.55. The quantitative estimate of drug-likeness (QED) is 0.101. The molecule has 0 amide bonds. The van der Waals surface area contributed by atoms with Crippen LogP contribution in [-0.4, -0.2) is 9.52 Å². The summed E-state index contributed by atoms with van der Waals surface area (Å²) in [7, 11) is 18.2. The van der Waals surface area contributed by atoms with Crippen molar-refractivity contribution in [2.75, 3.05) is 0 Å². The molecule has 9 rings (SSSR count). The molecule has 0 aromatic heterocycles. The van der Waals surface area contributed by atoms with Crippen LogP contribution < -0.4 is 13.6 Å². The van der Waals surface area contributed by atoms with E-state index in [9.17, 15) is 17.0 Å². The second kappa shape index (κ2) is 18.6. The van der Waals surface area contributed by atoms with Gasteiger partial charge in [0.15, 0.2) is 0 Å². The van der Waals surface area contributed by atoms with Crippen molar-refractivity contribution in [3.8, 4) is 33.4 Å². The molecule has 0 radical (unpaired) electrons. The van der Waals surface area contributed by atoms with Gasteiger partial charge in [-0.3, -0.25) is 0 Å². The van der Waals surface area contributed by atoms with Crippen LogP contribution in [0, 0.1) is 0 Å². The van der Waals surface area contributed by atoms with Gasteiger partial charge in [-0.1, -0.05) is 0 Å². The van der Waals surface area contributed by atoms with Crippen LogP contribution in [0.25, 0.3) is 45.5 Å². The Morgan fingerprint density at radius 3 is 1.28 bits per heavy atom. The molecule has 2 aliphatic carbocycles. The number of hydrogen-bond donors (Lipinski definition) is 0.